The molecule has 37 heavy (non-hydrogen) atoms. The number of fused-ring (bicyclic) bond motifs is 1. The van der Waals surface area contributed by atoms with Gasteiger partial charge in [0, 0.05) is 17.3 Å². The van der Waals surface area contributed by atoms with E-state index in [0.717, 1.165) is 6.42 Å². The monoisotopic (exact) mass is 504 g/mol. The number of anilines is 1. The maximum absolute atomic E-state index is 14.9. The normalized spacial score (nSPS) is 14.9. The second kappa shape index (κ2) is 11.4. The smallest absolute Gasteiger partial charge is 0.409 e. The third kappa shape index (κ3) is 5.64. The van der Waals surface area contributed by atoms with E-state index in [1.807, 2.05) is 6.92 Å². The van der Waals surface area contributed by atoms with Crippen LogP contribution in [0.5, 0.6) is 0 Å². The highest BCUT2D eigenvalue weighted by Crippen LogP contribution is 2.30. The summed E-state index contributed by atoms with van der Waals surface area (Å²) in [5.74, 6) is -2.41. The van der Waals surface area contributed by atoms with Crippen molar-refractivity contribution < 1.29 is 28.6 Å². The van der Waals surface area contributed by atoms with Gasteiger partial charge in [-0.3, -0.25) is 15.1 Å². The molecule has 1 aliphatic rings. The molecule has 1 aliphatic heterocycles. The van der Waals surface area contributed by atoms with Gasteiger partial charge in [0.1, 0.15) is 5.82 Å². The summed E-state index contributed by atoms with van der Waals surface area (Å²) in [5, 5.41) is 12.1. The summed E-state index contributed by atoms with van der Waals surface area (Å²) in [7, 11) is 0. The standard InChI is InChI=1S/C27H25FN4O5/c1-2-3-15-37-27(36)31-24-25(33)32(16-21-18(26(34)35)11-8-14-29-21)22-13-7-5-10-19(22)23(30-24)17-9-4-6-12-20(17)28/h4-14,24H,2-3,15-16H2,1H3,(H,31,36)(H,34,35). The summed E-state index contributed by atoms with van der Waals surface area (Å²) in [4.78, 5) is 48.0. The van der Waals surface area contributed by atoms with Crippen molar-refractivity contribution in [3.8, 4) is 0 Å². The van der Waals surface area contributed by atoms with E-state index in [1.165, 1.54) is 41.4 Å². The molecule has 10 heteroatoms. The first-order chi connectivity index (χ1) is 17.9. The van der Waals surface area contributed by atoms with Gasteiger partial charge in [-0.25, -0.2) is 19.0 Å². The average molecular weight is 505 g/mol. The number of aromatic nitrogens is 1. The third-order valence-corrected chi connectivity index (χ3v) is 5.75. The number of pyridine rings is 1. The van der Waals surface area contributed by atoms with E-state index in [-0.39, 0.29) is 35.7 Å². The Morgan fingerprint density at radius 3 is 2.54 bits per heavy atom. The molecule has 2 aromatic carbocycles. The van der Waals surface area contributed by atoms with Gasteiger partial charge in [0.25, 0.3) is 5.91 Å². The summed E-state index contributed by atoms with van der Waals surface area (Å²) in [6.07, 6.45) is 0.569. The molecule has 0 bridgehead atoms. The van der Waals surface area contributed by atoms with Crippen LogP contribution in [-0.4, -0.2) is 46.5 Å². The van der Waals surface area contributed by atoms with Crippen molar-refractivity contribution >= 4 is 29.4 Å². The molecule has 0 fully saturated rings. The lowest BCUT2D eigenvalue weighted by Crippen LogP contribution is -2.47. The van der Waals surface area contributed by atoms with Crippen LogP contribution in [0.15, 0.2) is 71.9 Å². The number of carbonyl (C=O) groups is 3. The Balaban J connectivity index is 1.82. The first kappa shape index (κ1) is 25.5. The third-order valence-electron chi connectivity index (χ3n) is 5.75. The zero-order valence-corrected chi connectivity index (χ0v) is 20.1. The van der Waals surface area contributed by atoms with Crippen molar-refractivity contribution in [3.63, 3.8) is 0 Å². The van der Waals surface area contributed by atoms with Crippen molar-refractivity contribution in [3.05, 3.63) is 95.1 Å². The number of hydrogen-bond acceptors (Lipinski definition) is 6. The van der Waals surface area contributed by atoms with Crippen LogP contribution < -0.4 is 10.2 Å². The number of amides is 2. The number of alkyl carbamates (subject to hydrolysis) is 1. The minimum Gasteiger partial charge on any atom is -0.478 e. The number of nitrogens with one attached hydrogen (secondary N) is 1. The number of benzene rings is 2. The largest absolute Gasteiger partial charge is 0.478 e. The van der Waals surface area contributed by atoms with Crippen molar-refractivity contribution in [1.82, 2.24) is 10.3 Å². The van der Waals surface area contributed by atoms with Gasteiger partial charge < -0.3 is 14.7 Å². The number of rotatable bonds is 8. The highest BCUT2D eigenvalue weighted by Gasteiger charge is 2.34. The zero-order valence-electron chi connectivity index (χ0n) is 20.1. The number of carbonyl (C=O) groups excluding carboxylic acids is 2. The molecule has 0 saturated carbocycles. The van der Waals surface area contributed by atoms with Crippen LogP contribution in [-0.2, 0) is 16.1 Å². The molecule has 1 unspecified atom stereocenters. The Hall–Kier alpha value is -4.60. The first-order valence-corrected chi connectivity index (χ1v) is 11.7. The topological polar surface area (TPSA) is 121 Å². The van der Waals surface area contributed by atoms with Crippen LogP contribution in [0.3, 0.4) is 0 Å². The van der Waals surface area contributed by atoms with Gasteiger partial charge >= 0.3 is 12.1 Å². The number of halogens is 1. The summed E-state index contributed by atoms with van der Waals surface area (Å²) >= 11 is 0. The number of para-hydroxylation sites is 1. The van der Waals surface area contributed by atoms with Crippen molar-refractivity contribution in [2.75, 3.05) is 11.5 Å². The molecule has 2 heterocycles. The molecule has 9 nitrogen and oxygen atoms in total. The number of ether oxygens (including phenoxy) is 1. The molecule has 3 aromatic rings. The Labute approximate surface area is 212 Å². The maximum Gasteiger partial charge on any atom is 0.409 e. The molecule has 2 N–H and O–H groups in total. The summed E-state index contributed by atoms with van der Waals surface area (Å²) in [5.41, 5.74) is 1.15. The summed E-state index contributed by atoms with van der Waals surface area (Å²) in [6, 6.07) is 15.6. The predicted octanol–water partition coefficient (Wildman–Crippen LogP) is 4.16. The summed E-state index contributed by atoms with van der Waals surface area (Å²) in [6.45, 7) is 1.88. The molecule has 2 amide bonds. The van der Waals surface area contributed by atoms with Gasteiger partial charge in [-0.1, -0.05) is 43.7 Å². The van der Waals surface area contributed by atoms with Crippen LogP contribution in [0.1, 0.15) is 46.9 Å². The van der Waals surface area contributed by atoms with Gasteiger partial charge in [0.15, 0.2) is 0 Å². The van der Waals surface area contributed by atoms with E-state index in [0.29, 0.717) is 17.7 Å². The van der Waals surface area contributed by atoms with Gasteiger partial charge in [0.05, 0.1) is 35.8 Å². The molecule has 0 saturated heterocycles. The van der Waals surface area contributed by atoms with Gasteiger partial charge in [-0.05, 0) is 36.8 Å². The molecule has 4 rings (SSSR count). The SMILES string of the molecule is CCCCOC(=O)NC1N=C(c2ccccc2F)c2ccccc2N(Cc2ncccc2C(=O)O)C1=O. The van der Waals surface area contributed by atoms with Crippen LogP contribution in [0.4, 0.5) is 14.9 Å². The molecular formula is C27H25FN4O5. The second-order valence-corrected chi connectivity index (χ2v) is 8.24. The van der Waals surface area contributed by atoms with E-state index >= 15 is 0 Å². The lowest BCUT2D eigenvalue weighted by atomic mass is 9.99. The van der Waals surface area contributed by atoms with E-state index < -0.39 is 30.0 Å². The van der Waals surface area contributed by atoms with Gasteiger partial charge in [0.2, 0.25) is 6.17 Å². The molecule has 1 atom stereocenters. The number of unbranched alkanes of at least 4 members (excludes halogenated alkanes) is 1. The number of benzodiazepines with no additional fused rings is 1. The molecule has 1 aromatic heterocycles. The van der Waals surface area contributed by atoms with E-state index in [2.05, 4.69) is 15.3 Å². The fourth-order valence-corrected chi connectivity index (χ4v) is 3.93. The highest BCUT2D eigenvalue weighted by molar-refractivity contribution is 6.20. The highest BCUT2D eigenvalue weighted by atomic mass is 19.1. The predicted molar refractivity (Wildman–Crippen MR) is 134 cm³/mol. The Morgan fingerprint density at radius 1 is 1.08 bits per heavy atom. The van der Waals surface area contributed by atoms with Gasteiger partial charge in [-0.15, -0.1) is 0 Å². The Bertz CT molecular complexity index is 1360. The number of aliphatic imine (C=N–C) groups is 1. The summed E-state index contributed by atoms with van der Waals surface area (Å²) < 4.78 is 20.1. The minimum absolute atomic E-state index is 0.0734. The van der Waals surface area contributed by atoms with Crippen LogP contribution >= 0.6 is 0 Å². The minimum atomic E-state index is -1.46. The lowest BCUT2D eigenvalue weighted by Gasteiger charge is -2.25. The van der Waals surface area contributed by atoms with Crippen molar-refractivity contribution in [1.29, 1.82) is 0 Å². The number of aromatic carboxylic acids is 1. The number of carboxylic acids is 1. The number of carboxylic acid groups (broad SMARTS) is 1. The Kier molecular flexibility index (Phi) is 7.87. The van der Waals surface area contributed by atoms with E-state index in [9.17, 15) is 23.9 Å². The second-order valence-electron chi connectivity index (χ2n) is 8.24. The van der Waals surface area contributed by atoms with Gasteiger partial charge in [-0.2, -0.15) is 0 Å². The van der Waals surface area contributed by atoms with E-state index in [4.69, 9.17) is 4.74 Å². The first-order valence-electron chi connectivity index (χ1n) is 11.7. The van der Waals surface area contributed by atoms with Crippen molar-refractivity contribution in [2.45, 2.75) is 32.5 Å². The molecule has 0 radical (unpaired) electrons. The van der Waals surface area contributed by atoms with Crippen LogP contribution in [0.2, 0.25) is 0 Å². The quantitative estimate of drug-likeness (QED) is 0.445. The van der Waals surface area contributed by atoms with Crippen LogP contribution in [0.25, 0.3) is 0 Å². The van der Waals surface area contributed by atoms with E-state index in [1.54, 1.807) is 30.3 Å². The van der Waals surface area contributed by atoms with Crippen LogP contribution in [0, 0.1) is 5.82 Å². The molecular weight excluding hydrogens is 479 g/mol. The molecule has 0 aliphatic carbocycles. The lowest BCUT2D eigenvalue weighted by molar-refractivity contribution is -0.120. The molecule has 0 spiro atoms. The maximum atomic E-state index is 14.9. The fourth-order valence-electron chi connectivity index (χ4n) is 3.93. The average Bonchev–Trinajstić information content (AvgIpc) is 3.00. The molecule has 190 valence electrons. The number of hydrogen-bond donors (Lipinski definition) is 2. The fraction of sp³-hybridized carbons (Fsp3) is 0.222. The van der Waals surface area contributed by atoms with Crippen molar-refractivity contribution in [2.24, 2.45) is 4.99 Å². The Morgan fingerprint density at radius 2 is 1.81 bits per heavy atom. The zero-order chi connectivity index (χ0) is 26.4. The number of nitrogens with zero attached hydrogens (tertiary/aromatic N) is 3.